The van der Waals surface area contributed by atoms with Crippen molar-refractivity contribution in [3.05, 3.63) is 95.2 Å². The third-order valence-electron chi connectivity index (χ3n) is 5.17. The summed E-state index contributed by atoms with van der Waals surface area (Å²) in [5.41, 5.74) is 4.92. The molecule has 1 atom stereocenters. The molecule has 1 aliphatic carbocycles. The average Bonchev–Trinajstić information content (AvgIpc) is 3.55. The van der Waals surface area contributed by atoms with Crippen molar-refractivity contribution in [2.75, 3.05) is 26.8 Å². The number of hydrogen-bond acceptors (Lipinski definition) is 6. The average molecular weight is 448 g/mol. The molecule has 168 valence electrons. The number of pyridine rings is 1. The monoisotopic (exact) mass is 447 g/mol. The number of nitrogens with zero attached hydrogens (tertiary/aromatic N) is 3. The lowest BCUT2D eigenvalue weighted by atomic mass is 9.99. The minimum atomic E-state index is 0.0712. The standard InChI is InChI=1S/C17H19N3S.C6H6.C3H8N2/c1-18-17-20(2)16(12-21-17)14-9-6-10-19-15(14)11-13-7-4-3-5-8-13;1-2-4-6-5-3-1;1-2-5-3-4-1/h4,6-10,12,17H,1,3,5,11H2,2H3;1-6H;4-5H,1-3H2. The van der Waals surface area contributed by atoms with E-state index in [0.717, 1.165) is 44.7 Å². The van der Waals surface area contributed by atoms with Gasteiger partial charge in [0, 0.05) is 45.0 Å². The minimum Gasteiger partial charge on any atom is -0.343 e. The van der Waals surface area contributed by atoms with Gasteiger partial charge in [-0.3, -0.25) is 9.98 Å². The number of benzene rings is 1. The molecule has 0 radical (unpaired) electrons. The fraction of sp³-hybridized carbons (Fsp3) is 0.308. The van der Waals surface area contributed by atoms with E-state index in [9.17, 15) is 0 Å². The largest absolute Gasteiger partial charge is 0.343 e. The molecule has 1 aromatic carbocycles. The van der Waals surface area contributed by atoms with E-state index >= 15 is 0 Å². The van der Waals surface area contributed by atoms with Gasteiger partial charge in [0.2, 0.25) is 0 Å². The zero-order valence-electron chi connectivity index (χ0n) is 18.8. The lowest BCUT2D eigenvalue weighted by Crippen LogP contribution is -2.21. The number of aliphatic imine (C=N–C) groups is 1. The van der Waals surface area contributed by atoms with E-state index in [-0.39, 0.29) is 5.50 Å². The van der Waals surface area contributed by atoms with E-state index in [1.165, 1.54) is 16.8 Å². The maximum atomic E-state index is 4.60. The van der Waals surface area contributed by atoms with Crippen LogP contribution in [0.15, 0.2) is 88.9 Å². The van der Waals surface area contributed by atoms with E-state index in [4.69, 9.17) is 0 Å². The van der Waals surface area contributed by atoms with E-state index in [1.54, 1.807) is 11.8 Å². The third kappa shape index (κ3) is 7.48. The Balaban J connectivity index is 0.000000213. The number of rotatable bonds is 4. The molecule has 6 heteroatoms. The zero-order valence-corrected chi connectivity index (χ0v) is 19.6. The molecule has 2 aromatic rings. The van der Waals surface area contributed by atoms with Gasteiger partial charge in [0.1, 0.15) is 0 Å². The van der Waals surface area contributed by atoms with Crippen molar-refractivity contribution in [2.45, 2.75) is 24.8 Å². The van der Waals surface area contributed by atoms with Crippen LogP contribution in [0.4, 0.5) is 0 Å². The Labute approximate surface area is 196 Å². The van der Waals surface area contributed by atoms with Crippen LogP contribution >= 0.6 is 11.8 Å². The maximum absolute atomic E-state index is 4.60. The number of hydrogen-bond donors (Lipinski definition) is 2. The van der Waals surface area contributed by atoms with E-state index < -0.39 is 0 Å². The summed E-state index contributed by atoms with van der Waals surface area (Å²) >= 11 is 1.69. The van der Waals surface area contributed by atoms with Gasteiger partial charge in [-0.05, 0) is 42.7 Å². The van der Waals surface area contributed by atoms with Crippen molar-refractivity contribution >= 4 is 24.2 Å². The van der Waals surface area contributed by atoms with Crippen LogP contribution in [0, 0.1) is 0 Å². The molecule has 2 N–H and O–H groups in total. The summed E-state index contributed by atoms with van der Waals surface area (Å²) in [6.45, 7) is 6.94. The fourth-order valence-electron chi connectivity index (χ4n) is 3.47. The van der Waals surface area contributed by atoms with Gasteiger partial charge in [0.15, 0.2) is 5.50 Å². The first-order valence-corrected chi connectivity index (χ1v) is 12.0. The predicted octanol–water partition coefficient (Wildman–Crippen LogP) is 4.69. The molecule has 3 heterocycles. The van der Waals surface area contributed by atoms with Crippen LogP contribution < -0.4 is 10.6 Å². The van der Waals surface area contributed by atoms with Crippen molar-refractivity contribution in [2.24, 2.45) is 4.99 Å². The molecule has 0 spiro atoms. The highest BCUT2D eigenvalue weighted by Crippen LogP contribution is 2.37. The van der Waals surface area contributed by atoms with Crippen molar-refractivity contribution in [1.29, 1.82) is 0 Å². The topological polar surface area (TPSA) is 52.6 Å². The Morgan fingerprint density at radius 2 is 1.81 bits per heavy atom. The quantitative estimate of drug-likeness (QED) is 0.666. The molecular formula is C26H33N5S. The summed E-state index contributed by atoms with van der Waals surface area (Å²) in [6.07, 6.45) is 11.8. The molecule has 1 aromatic heterocycles. The molecule has 32 heavy (non-hydrogen) atoms. The fourth-order valence-corrected chi connectivity index (χ4v) is 4.39. The second-order valence-corrected chi connectivity index (χ2v) is 8.45. The van der Waals surface area contributed by atoms with Crippen LogP contribution in [0.5, 0.6) is 0 Å². The molecule has 0 saturated carbocycles. The van der Waals surface area contributed by atoms with Gasteiger partial charge in [-0.2, -0.15) is 0 Å². The van der Waals surface area contributed by atoms with Crippen LogP contribution in [-0.4, -0.2) is 48.9 Å². The molecule has 1 saturated heterocycles. The normalized spacial score (nSPS) is 19.2. The maximum Gasteiger partial charge on any atom is 0.171 e. The van der Waals surface area contributed by atoms with Crippen LogP contribution in [0.2, 0.25) is 0 Å². The highest BCUT2D eigenvalue weighted by molar-refractivity contribution is 8.03. The van der Waals surface area contributed by atoms with E-state index in [1.807, 2.05) is 48.7 Å². The lowest BCUT2D eigenvalue weighted by Gasteiger charge is -2.22. The van der Waals surface area contributed by atoms with Crippen molar-refractivity contribution in [3.8, 4) is 0 Å². The lowest BCUT2D eigenvalue weighted by molar-refractivity contribution is 0.471. The Hall–Kier alpha value is -2.67. The number of nitrogens with one attached hydrogen (secondary N) is 2. The second-order valence-electron chi connectivity index (χ2n) is 7.52. The molecule has 0 amide bonds. The van der Waals surface area contributed by atoms with Gasteiger partial charge in [-0.1, -0.05) is 66.4 Å². The van der Waals surface area contributed by atoms with Crippen molar-refractivity contribution < 1.29 is 0 Å². The summed E-state index contributed by atoms with van der Waals surface area (Å²) in [5, 5.41) is 8.38. The summed E-state index contributed by atoms with van der Waals surface area (Å²) in [4.78, 5) is 10.9. The number of allylic oxidation sites excluding steroid dienone is 4. The highest BCUT2D eigenvalue weighted by Gasteiger charge is 2.24. The predicted molar refractivity (Wildman–Crippen MR) is 138 cm³/mol. The first-order chi connectivity index (χ1) is 15.8. The SMILES string of the molecule is C1CNCN1.C=NC1SC=C(c2cccnc2CC2=CCCC=C2)N1C.c1ccccc1. The Morgan fingerprint density at radius 3 is 2.34 bits per heavy atom. The Bertz CT molecular complexity index is 885. The molecule has 1 fully saturated rings. The molecule has 3 aliphatic rings. The number of thioether (sulfide) groups is 1. The van der Waals surface area contributed by atoms with Gasteiger partial charge in [0.05, 0.1) is 11.4 Å². The van der Waals surface area contributed by atoms with Crippen LogP contribution in [0.3, 0.4) is 0 Å². The first-order valence-electron chi connectivity index (χ1n) is 11.0. The summed E-state index contributed by atoms with van der Waals surface area (Å²) in [7, 11) is 2.06. The van der Waals surface area contributed by atoms with E-state index in [0.29, 0.717) is 0 Å². The Morgan fingerprint density at radius 1 is 1.09 bits per heavy atom. The molecule has 5 nitrogen and oxygen atoms in total. The highest BCUT2D eigenvalue weighted by atomic mass is 32.2. The zero-order chi connectivity index (χ0) is 22.4. The van der Waals surface area contributed by atoms with Gasteiger partial charge >= 0.3 is 0 Å². The van der Waals surface area contributed by atoms with Gasteiger partial charge in [-0.25, -0.2) is 0 Å². The smallest absolute Gasteiger partial charge is 0.171 e. The Kier molecular flexibility index (Phi) is 10.3. The van der Waals surface area contributed by atoms with Gasteiger partial charge in [0.25, 0.3) is 0 Å². The summed E-state index contributed by atoms with van der Waals surface area (Å²) < 4.78 is 0. The van der Waals surface area contributed by atoms with Gasteiger partial charge < -0.3 is 15.5 Å². The molecular weight excluding hydrogens is 414 g/mol. The van der Waals surface area contributed by atoms with Crippen molar-refractivity contribution in [3.63, 3.8) is 0 Å². The molecule has 2 aliphatic heterocycles. The third-order valence-corrected chi connectivity index (χ3v) is 6.24. The van der Waals surface area contributed by atoms with Crippen molar-refractivity contribution in [1.82, 2.24) is 20.5 Å². The van der Waals surface area contributed by atoms with Gasteiger partial charge in [-0.15, -0.1) is 0 Å². The molecule has 0 bridgehead atoms. The second kappa shape index (κ2) is 13.7. The van der Waals surface area contributed by atoms with Crippen LogP contribution in [0.25, 0.3) is 5.70 Å². The molecule has 5 rings (SSSR count). The number of aromatic nitrogens is 1. The summed E-state index contributed by atoms with van der Waals surface area (Å²) in [6, 6.07) is 16.1. The molecule has 1 unspecified atom stereocenters. The minimum absolute atomic E-state index is 0.0712. The van der Waals surface area contributed by atoms with E-state index in [2.05, 4.69) is 69.0 Å². The van der Waals surface area contributed by atoms with Crippen LogP contribution in [0.1, 0.15) is 24.1 Å². The van der Waals surface area contributed by atoms with Crippen LogP contribution in [-0.2, 0) is 6.42 Å². The summed E-state index contributed by atoms with van der Waals surface area (Å²) in [5.74, 6) is 0. The first kappa shape index (κ1) is 24.0.